The van der Waals surface area contributed by atoms with Crippen molar-refractivity contribution in [3.05, 3.63) is 66.0 Å². The van der Waals surface area contributed by atoms with Crippen molar-refractivity contribution in [3.63, 3.8) is 0 Å². The minimum Gasteiger partial charge on any atom is -0.493 e. The van der Waals surface area contributed by atoms with Crippen LogP contribution in [-0.4, -0.2) is 29.4 Å². The predicted molar refractivity (Wildman–Crippen MR) is 100 cm³/mol. The van der Waals surface area contributed by atoms with Crippen LogP contribution in [0.2, 0.25) is 0 Å². The fraction of sp³-hybridized carbons (Fsp3) is 0.200. The van der Waals surface area contributed by atoms with Gasteiger partial charge < -0.3 is 14.8 Å². The largest absolute Gasteiger partial charge is 0.493 e. The summed E-state index contributed by atoms with van der Waals surface area (Å²) in [5, 5.41) is 7.20. The van der Waals surface area contributed by atoms with Crippen molar-refractivity contribution in [2.75, 3.05) is 19.0 Å². The molecule has 26 heavy (non-hydrogen) atoms. The minimum atomic E-state index is -0.219. The Morgan fingerprint density at radius 3 is 2.69 bits per heavy atom. The van der Waals surface area contributed by atoms with Gasteiger partial charge in [-0.2, -0.15) is 5.10 Å². The lowest BCUT2D eigenvalue weighted by atomic mass is 10.1. The standard InChI is InChI=1S/C20H21N3O3/c1-4-26-19-12-15(8-9-18(19)25-3)20(24)22-16-6-5-7-17(13-16)23-14(2)10-11-21-23/h5-13H,4H2,1-3H3,(H,22,24). The number of carbonyl (C=O) groups excluding carboxylic acids is 1. The van der Waals surface area contributed by atoms with Crippen LogP contribution in [0.5, 0.6) is 11.5 Å². The number of nitrogens with zero attached hydrogens (tertiary/aromatic N) is 2. The van der Waals surface area contributed by atoms with Crippen LogP contribution in [0.25, 0.3) is 5.69 Å². The van der Waals surface area contributed by atoms with Crippen molar-refractivity contribution in [3.8, 4) is 17.2 Å². The maximum absolute atomic E-state index is 12.6. The number of ether oxygens (including phenoxy) is 2. The van der Waals surface area contributed by atoms with Gasteiger partial charge in [-0.1, -0.05) is 6.07 Å². The fourth-order valence-electron chi connectivity index (χ4n) is 2.64. The molecule has 0 radical (unpaired) electrons. The second-order valence-electron chi connectivity index (χ2n) is 5.69. The van der Waals surface area contributed by atoms with Crippen molar-refractivity contribution in [1.82, 2.24) is 9.78 Å². The average molecular weight is 351 g/mol. The minimum absolute atomic E-state index is 0.219. The molecule has 6 heteroatoms. The normalized spacial score (nSPS) is 10.4. The average Bonchev–Trinajstić information content (AvgIpc) is 3.08. The smallest absolute Gasteiger partial charge is 0.255 e. The number of benzene rings is 2. The molecule has 134 valence electrons. The van der Waals surface area contributed by atoms with Crippen LogP contribution in [0.1, 0.15) is 23.0 Å². The number of nitrogens with one attached hydrogen (secondary N) is 1. The van der Waals surface area contributed by atoms with E-state index in [2.05, 4.69) is 10.4 Å². The van der Waals surface area contributed by atoms with E-state index in [1.165, 1.54) is 0 Å². The highest BCUT2D eigenvalue weighted by Gasteiger charge is 2.12. The van der Waals surface area contributed by atoms with Crippen molar-refractivity contribution >= 4 is 11.6 Å². The molecular weight excluding hydrogens is 330 g/mol. The summed E-state index contributed by atoms with van der Waals surface area (Å²) < 4.78 is 12.6. The SMILES string of the molecule is CCOc1cc(C(=O)Nc2cccc(-n3nccc3C)c2)ccc1OC. The van der Waals surface area contributed by atoms with Gasteiger partial charge in [-0.3, -0.25) is 4.79 Å². The molecule has 0 saturated heterocycles. The molecule has 0 aliphatic rings. The summed E-state index contributed by atoms with van der Waals surface area (Å²) in [7, 11) is 1.57. The number of hydrogen-bond donors (Lipinski definition) is 1. The number of aromatic nitrogens is 2. The summed E-state index contributed by atoms with van der Waals surface area (Å²) in [6.45, 7) is 4.35. The Hall–Kier alpha value is -3.28. The van der Waals surface area contributed by atoms with Crippen molar-refractivity contribution in [2.24, 2.45) is 0 Å². The van der Waals surface area contributed by atoms with Gasteiger partial charge in [0.2, 0.25) is 0 Å². The molecule has 3 aromatic rings. The van der Waals surface area contributed by atoms with E-state index < -0.39 is 0 Å². The number of amides is 1. The summed E-state index contributed by atoms with van der Waals surface area (Å²) in [6, 6.07) is 14.6. The molecular formula is C20H21N3O3. The topological polar surface area (TPSA) is 65.4 Å². The van der Waals surface area contributed by atoms with E-state index in [4.69, 9.17) is 9.47 Å². The van der Waals surface area contributed by atoms with Crippen LogP contribution >= 0.6 is 0 Å². The first-order chi connectivity index (χ1) is 12.6. The Bertz CT molecular complexity index is 918. The molecule has 0 bridgehead atoms. The summed E-state index contributed by atoms with van der Waals surface area (Å²) in [4.78, 5) is 12.6. The van der Waals surface area contributed by atoms with E-state index in [1.54, 1.807) is 31.5 Å². The van der Waals surface area contributed by atoms with Crippen LogP contribution in [-0.2, 0) is 0 Å². The summed E-state index contributed by atoms with van der Waals surface area (Å²) in [6.07, 6.45) is 1.74. The van der Waals surface area contributed by atoms with Crippen LogP contribution in [0.15, 0.2) is 54.7 Å². The van der Waals surface area contributed by atoms with Crippen molar-refractivity contribution < 1.29 is 14.3 Å². The Morgan fingerprint density at radius 2 is 2.00 bits per heavy atom. The molecule has 1 aromatic heterocycles. The van der Waals surface area contributed by atoms with E-state index in [-0.39, 0.29) is 5.91 Å². The van der Waals surface area contributed by atoms with Crippen LogP contribution in [0.4, 0.5) is 5.69 Å². The molecule has 1 amide bonds. The fourth-order valence-corrected chi connectivity index (χ4v) is 2.64. The molecule has 0 fully saturated rings. The molecule has 0 aliphatic heterocycles. The maximum atomic E-state index is 12.6. The first-order valence-corrected chi connectivity index (χ1v) is 8.35. The Morgan fingerprint density at radius 1 is 1.15 bits per heavy atom. The lowest BCUT2D eigenvalue weighted by Crippen LogP contribution is -2.12. The maximum Gasteiger partial charge on any atom is 0.255 e. The second kappa shape index (κ2) is 7.74. The molecule has 6 nitrogen and oxygen atoms in total. The van der Waals surface area contributed by atoms with E-state index in [9.17, 15) is 4.79 Å². The van der Waals surface area contributed by atoms with Gasteiger partial charge in [-0.05, 0) is 56.3 Å². The highest BCUT2D eigenvalue weighted by atomic mass is 16.5. The van der Waals surface area contributed by atoms with Crippen LogP contribution < -0.4 is 14.8 Å². The van der Waals surface area contributed by atoms with Crippen molar-refractivity contribution in [2.45, 2.75) is 13.8 Å². The second-order valence-corrected chi connectivity index (χ2v) is 5.69. The zero-order valence-corrected chi connectivity index (χ0v) is 15.0. The van der Waals surface area contributed by atoms with E-state index >= 15 is 0 Å². The third kappa shape index (κ3) is 3.69. The third-order valence-corrected chi connectivity index (χ3v) is 3.91. The first kappa shape index (κ1) is 17.5. The highest BCUT2D eigenvalue weighted by molar-refractivity contribution is 6.04. The predicted octanol–water partition coefficient (Wildman–Crippen LogP) is 3.84. The van der Waals surface area contributed by atoms with Gasteiger partial charge in [0.25, 0.3) is 5.91 Å². The molecule has 2 aromatic carbocycles. The van der Waals surface area contributed by atoms with Gasteiger partial charge in [-0.25, -0.2) is 4.68 Å². The molecule has 0 atom stereocenters. The zero-order valence-electron chi connectivity index (χ0n) is 15.0. The number of methoxy groups -OCH3 is 1. The summed E-state index contributed by atoms with van der Waals surface area (Å²) in [5.41, 5.74) is 3.09. The van der Waals surface area contributed by atoms with Gasteiger partial charge in [0.15, 0.2) is 11.5 Å². The number of carbonyl (C=O) groups is 1. The van der Waals surface area contributed by atoms with E-state index in [0.717, 1.165) is 11.4 Å². The highest BCUT2D eigenvalue weighted by Crippen LogP contribution is 2.28. The lowest BCUT2D eigenvalue weighted by Gasteiger charge is -2.12. The Balaban J connectivity index is 1.82. The quantitative estimate of drug-likeness (QED) is 0.733. The summed E-state index contributed by atoms with van der Waals surface area (Å²) >= 11 is 0. The third-order valence-electron chi connectivity index (χ3n) is 3.91. The first-order valence-electron chi connectivity index (χ1n) is 8.35. The van der Waals surface area contributed by atoms with E-state index in [0.29, 0.717) is 29.4 Å². The summed E-state index contributed by atoms with van der Waals surface area (Å²) in [5.74, 6) is 0.922. The monoisotopic (exact) mass is 351 g/mol. The van der Waals surface area contributed by atoms with E-state index in [1.807, 2.05) is 48.9 Å². The van der Waals surface area contributed by atoms with Gasteiger partial charge >= 0.3 is 0 Å². The molecule has 3 rings (SSSR count). The van der Waals surface area contributed by atoms with Gasteiger partial charge in [0.1, 0.15) is 0 Å². The molecule has 0 spiro atoms. The molecule has 1 N–H and O–H groups in total. The molecule has 0 aliphatic carbocycles. The number of hydrogen-bond acceptors (Lipinski definition) is 4. The van der Waals surface area contributed by atoms with Crippen LogP contribution in [0, 0.1) is 6.92 Å². The molecule has 0 unspecified atom stereocenters. The van der Waals surface area contributed by atoms with Gasteiger partial charge in [-0.15, -0.1) is 0 Å². The molecule has 0 saturated carbocycles. The van der Waals surface area contributed by atoms with Crippen LogP contribution in [0.3, 0.4) is 0 Å². The Labute approximate surface area is 152 Å². The lowest BCUT2D eigenvalue weighted by molar-refractivity contribution is 0.102. The molecule has 1 heterocycles. The Kier molecular flexibility index (Phi) is 5.22. The van der Waals surface area contributed by atoms with Crippen molar-refractivity contribution in [1.29, 1.82) is 0 Å². The number of rotatable bonds is 6. The zero-order chi connectivity index (χ0) is 18.5. The number of aryl methyl sites for hydroxylation is 1. The number of anilines is 1. The van der Waals surface area contributed by atoms with Gasteiger partial charge in [0.05, 0.1) is 19.4 Å². The van der Waals surface area contributed by atoms with Gasteiger partial charge in [0, 0.05) is 23.1 Å².